The van der Waals surface area contributed by atoms with Crippen LogP contribution in [0.3, 0.4) is 0 Å². The first kappa shape index (κ1) is 20.2. The second kappa shape index (κ2) is 10.9. The van der Waals surface area contributed by atoms with Crippen LogP contribution in [0.15, 0.2) is 17.4 Å². The van der Waals surface area contributed by atoms with E-state index in [4.69, 9.17) is 4.99 Å². The molecule has 1 aromatic heterocycles. The highest BCUT2D eigenvalue weighted by molar-refractivity contribution is 14.0. The molecule has 1 aliphatic rings. The molecule has 23 heavy (non-hydrogen) atoms. The molecule has 1 aliphatic heterocycles. The Balaban J connectivity index is 0.00000264. The van der Waals surface area contributed by atoms with Gasteiger partial charge in [-0.2, -0.15) is 0 Å². The van der Waals surface area contributed by atoms with Gasteiger partial charge in [-0.15, -0.1) is 24.0 Å². The van der Waals surface area contributed by atoms with Crippen molar-refractivity contribution in [3.63, 3.8) is 0 Å². The van der Waals surface area contributed by atoms with Gasteiger partial charge in [0.15, 0.2) is 5.96 Å². The van der Waals surface area contributed by atoms with Gasteiger partial charge in [0.2, 0.25) is 0 Å². The molecule has 0 unspecified atom stereocenters. The van der Waals surface area contributed by atoms with Crippen LogP contribution >= 0.6 is 24.0 Å². The number of halogens is 1. The van der Waals surface area contributed by atoms with E-state index in [1.165, 1.54) is 0 Å². The van der Waals surface area contributed by atoms with Crippen molar-refractivity contribution in [2.24, 2.45) is 4.99 Å². The number of piperidine rings is 1. The topological polar surface area (TPSA) is 65.7 Å². The van der Waals surface area contributed by atoms with Gasteiger partial charge in [0.1, 0.15) is 5.82 Å². The number of hydrogen-bond acceptors (Lipinski definition) is 3. The Morgan fingerprint density at radius 3 is 2.74 bits per heavy atom. The van der Waals surface area contributed by atoms with Crippen molar-refractivity contribution >= 4 is 29.9 Å². The Hall–Kier alpha value is -0.830. The largest absolute Gasteiger partial charge is 0.393 e. The van der Waals surface area contributed by atoms with Crippen LogP contribution in [0.1, 0.15) is 38.4 Å². The number of aromatic nitrogens is 2. The molecule has 0 aromatic carbocycles. The average molecular weight is 435 g/mol. The highest BCUT2D eigenvalue weighted by atomic mass is 127. The van der Waals surface area contributed by atoms with Crippen LogP contribution in [0.5, 0.6) is 0 Å². The van der Waals surface area contributed by atoms with E-state index >= 15 is 0 Å². The van der Waals surface area contributed by atoms with Gasteiger partial charge in [0, 0.05) is 45.1 Å². The summed E-state index contributed by atoms with van der Waals surface area (Å²) in [4.78, 5) is 11.2. The van der Waals surface area contributed by atoms with Crippen LogP contribution in [0.4, 0.5) is 0 Å². The van der Waals surface area contributed by atoms with Gasteiger partial charge in [0.25, 0.3) is 0 Å². The number of aliphatic hydroxyl groups excluding tert-OH is 1. The summed E-state index contributed by atoms with van der Waals surface area (Å²) in [5.74, 6) is 2.07. The predicted molar refractivity (Wildman–Crippen MR) is 104 cm³/mol. The minimum Gasteiger partial charge on any atom is -0.393 e. The molecule has 1 aromatic rings. The summed E-state index contributed by atoms with van der Waals surface area (Å²) in [5, 5.41) is 13.0. The first-order valence-corrected chi connectivity index (χ1v) is 8.39. The molecule has 2 N–H and O–H groups in total. The van der Waals surface area contributed by atoms with Gasteiger partial charge in [-0.05, 0) is 39.5 Å². The lowest BCUT2D eigenvalue weighted by atomic mass is 10.1. The Morgan fingerprint density at radius 1 is 1.39 bits per heavy atom. The molecule has 2 rings (SSSR count). The SMILES string of the molecule is CCNC(=NCCCCn1ccnc1C)N1CCC(O)CC1.I. The smallest absolute Gasteiger partial charge is 0.193 e. The van der Waals surface area contributed by atoms with Gasteiger partial charge in [-0.25, -0.2) is 4.98 Å². The molecule has 1 saturated heterocycles. The average Bonchev–Trinajstić information content (AvgIpc) is 2.92. The molecule has 0 aliphatic carbocycles. The lowest BCUT2D eigenvalue weighted by molar-refractivity contribution is 0.108. The summed E-state index contributed by atoms with van der Waals surface area (Å²) >= 11 is 0. The van der Waals surface area contributed by atoms with Crippen molar-refractivity contribution in [2.75, 3.05) is 26.2 Å². The number of imidazole rings is 1. The molecule has 7 heteroatoms. The van der Waals surface area contributed by atoms with Crippen LogP contribution in [0.25, 0.3) is 0 Å². The molecule has 1 fully saturated rings. The number of unbranched alkanes of at least 4 members (excludes halogenated alkanes) is 1. The maximum absolute atomic E-state index is 9.60. The molecule has 6 nitrogen and oxygen atoms in total. The number of hydrogen-bond donors (Lipinski definition) is 2. The fourth-order valence-electron chi connectivity index (χ4n) is 2.72. The van der Waals surface area contributed by atoms with Crippen molar-refractivity contribution in [2.45, 2.75) is 52.2 Å². The Kier molecular flexibility index (Phi) is 9.54. The van der Waals surface area contributed by atoms with Crippen LogP contribution in [-0.4, -0.2) is 57.8 Å². The van der Waals surface area contributed by atoms with Gasteiger partial charge >= 0.3 is 0 Å². The van der Waals surface area contributed by atoms with Crippen LogP contribution in [-0.2, 0) is 6.54 Å². The summed E-state index contributed by atoms with van der Waals surface area (Å²) in [6, 6.07) is 0. The Labute approximate surface area is 156 Å². The molecule has 0 bridgehead atoms. The molecular formula is C16H30IN5O. The third-order valence-electron chi connectivity index (χ3n) is 4.09. The molecule has 0 amide bonds. The van der Waals surface area contributed by atoms with E-state index in [1.807, 2.05) is 19.3 Å². The minimum absolute atomic E-state index is 0. The van der Waals surface area contributed by atoms with Crippen LogP contribution in [0, 0.1) is 6.92 Å². The van der Waals surface area contributed by atoms with Crippen molar-refractivity contribution in [3.8, 4) is 0 Å². The second-order valence-corrected chi connectivity index (χ2v) is 5.83. The molecule has 0 atom stereocenters. The maximum atomic E-state index is 9.60. The quantitative estimate of drug-likeness (QED) is 0.311. The number of aryl methyl sites for hydroxylation is 2. The Bertz CT molecular complexity index is 469. The van der Waals surface area contributed by atoms with E-state index in [0.29, 0.717) is 0 Å². The predicted octanol–water partition coefficient (Wildman–Crippen LogP) is 2.01. The number of aliphatic hydroxyl groups is 1. The van der Waals surface area contributed by atoms with Crippen molar-refractivity contribution in [1.82, 2.24) is 19.8 Å². The van der Waals surface area contributed by atoms with Gasteiger partial charge in [-0.3, -0.25) is 4.99 Å². The number of nitrogens with zero attached hydrogens (tertiary/aromatic N) is 4. The van der Waals surface area contributed by atoms with Crippen LogP contribution < -0.4 is 5.32 Å². The zero-order chi connectivity index (χ0) is 15.8. The fraction of sp³-hybridized carbons (Fsp3) is 0.750. The minimum atomic E-state index is -0.141. The fourth-order valence-corrected chi connectivity index (χ4v) is 2.72. The van der Waals surface area contributed by atoms with Gasteiger partial charge in [0.05, 0.1) is 6.10 Å². The third kappa shape index (κ3) is 6.66. The molecule has 2 heterocycles. The van der Waals surface area contributed by atoms with Gasteiger partial charge < -0.3 is 19.9 Å². The molecule has 132 valence electrons. The van der Waals surface area contributed by atoms with E-state index in [0.717, 1.165) is 70.2 Å². The zero-order valence-electron chi connectivity index (χ0n) is 14.2. The summed E-state index contributed by atoms with van der Waals surface area (Å²) in [6.07, 6.45) is 7.59. The van der Waals surface area contributed by atoms with Crippen molar-refractivity contribution in [1.29, 1.82) is 0 Å². The van der Waals surface area contributed by atoms with E-state index < -0.39 is 0 Å². The Morgan fingerprint density at radius 2 is 2.13 bits per heavy atom. The summed E-state index contributed by atoms with van der Waals surface area (Å²) in [7, 11) is 0. The second-order valence-electron chi connectivity index (χ2n) is 5.83. The standard InChI is InChI=1S/C16H29N5O.HI/c1-3-17-16(21-11-6-15(22)7-12-21)19-8-4-5-10-20-13-9-18-14(20)2;/h9,13,15,22H,3-8,10-12H2,1-2H3,(H,17,19);1H. The monoisotopic (exact) mass is 435 g/mol. The molecule has 0 saturated carbocycles. The summed E-state index contributed by atoms with van der Waals surface area (Å²) in [6.45, 7) is 8.64. The summed E-state index contributed by atoms with van der Waals surface area (Å²) < 4.78 is 2.18. The third-order valence-corrected chi connectivity index (χ3v) is 4.09. The lowest BCUT2D eigenvalue weighted by Gasteiger charge is -2.32. The summed E-state index contributed by atoms with van der Waals surface area (Å²) in [5.41, 5.74) is 0. The molecule has 0 radical (unpaired) electrons. The highest BCUT2D eigenvalue weighted by Gasteiger charge is 2.19. The highest BCUT2D eigenvalue weighted by Crippen LogP contribution is 2.10. The molecule has 0 spiro atoms. The first-order chi connectivity index (χ1) is 10.7. The van der Waals surface area contributed by atoms with E-state index in [2.05, 4.69) is 26.7 Å². The number of rotatable bonds is 6. The maximum Gasteiger partial charge on any atom is 0.193 e. The van der Waals surface area contributed by atoms with E-state index in [9.17, 15) is 5.11 Å². The van der Waals surface area contributed by atoms with Gasteiger partial charge in [-0.1, -0.05) is 0 Å². The van der Waals surface area contributed by atoms with E-state index in [-0.39, 0.29) is 30.1 Å². The number of aliphatic imine (C=N–C) groups is 1. The lowest BCUT2D eigenvalue weighted by Crippen LogP contribution is -2.46. The normalized spacial score (nSPS) is 16.3. The number of guanidine groups is 1. The first-order valence-electron chi connectivity index (χ1n) is 8.39. The van der Waals surface area contributed by atoms with Crippen molar-refractivity contribution in [3.05, 3.63) is 18.2 Å². The molecular weight excluding hydrogens is 405 g/mol. The van der Waals surface area contributed by atoms with E-state index in [1.54, 1.807) is 0 Å². The van der Waals surface area contributed by atoms with Crippen LogP contribution in [0.2, 0.25) is 0 Å². The van der Waals surface area contributed by atoms with Crippen molar-refractivity contribution < 1.29 is 5.11 Å². The zero-order valence-corrected chi connectivity index (χ0v) is 16.6. The number of likely N-dealkylation sites (tertiary alicyclic amines) is 1. The number of nitrogens with one attached hydrogen (secondary N) is 1.